The molecular weight excluding hydrogens is 330 g/mol. The first-order valence-electron chi connectivity index (χ1n) is 8.67. The quantitative estimate of drug-likeness (QED) is 0.843. The highest BCUT2D eigenvalue weighted by Gasteiger charge is 2.63. The number of benzene rings is 1. The van der Waals surface area contributed by atoms with Crippen molar-refractivity contribution in [3.8, 4) is 11.3 Å². The molecule has 1 spiro atoms. The first-order chi connectivity index (χ1) is 12.6. The Morgan fingerprint density at radius 2 is 2.12 bits per heavy atom. The lowest BCUT2D eigenvalue weighted by molar-refractivity contribution is -0.131. The van der Waals surface area contributed by atoms with Gasteiger partial charge >= 0.3 is 0 Å². The highest BCUT2D eigenvalue weighted by atomic mass is 16.4. The Bertz CT molecular complexity index is 1030. The van der Waals surface area contributed by atoms with Gasteiger partial charge in [-0.3, -0.25) is 9.59 Å². The molecule has 1 aliphatic heterocycles. The van der Waals surface area contributed by atoms with Gasteiger partial charge in [-0.25, -0.2) is 0 Å². The van der Waals surface area contributed by atoms with Crippen molar-refractivity contribution >= 4 is 17.7 Å². The Kier molecular flexibility index (Phi) is 2.88. The van der Waals surface area contributed by atoms with Crippen LogP contribution < -0.4 is 5.73 Å². The Hall–Kier alpha value is -3.15. The number of nitrogens with two attached hydrogens (primary N) is 1. The molecule has 1 unspecified atom stereocenters. The van der Waals surface area contributed by atoms with Gasteiger partial charge in [0, 0.05) is 29.8 Å². The summed E-state index contributed by atoms with van der Waals surface area (Å²) in [4.78, 5) is 32.8. The summed E-state index contributed by atoms with van der Waals surface area (Å²) in [6.07, 6.45) is 3.54. The molecule has 6 heteroatoms. The van der Waals surface area contributed by atoms with Gasteiger partial charge < -0.3 is 15.1 Å². The van der Waals surface area contributed by atoms with Crippen molar-refractivity contribution < 1.29 is 14.0 Å². The number of oxazole rings is 1. The normalized spacial score (nSPS) is 23.5. The van der Waals surface area contributed by atoms with Crippen LogP contribution in [0.1, 0.15) is 30.5 Å². The number of nitrogen functional groups attached to an aromatic ring is 1. The van der Waals surface area contributed by atoms with Gasteiger partial charge in [-0.15, -0.1) is 6.58 Å². The van der Waals surface area contributed by atoms with E-state index >= 15 is 0 Å². The number of allylic oxidation sites excluding steroid dienone is 1. The molecule has 0 bridgehead atoms. The zero-order chi connectivity index (χ0) is 18.1. The first kappa shape index (κ1) is 15.1. The van der Waals surface area contributed by atoms with Crippen LogP contribution in [0, 0.1) is 0 Å². The number of rotatable bonds is 2. The average Bonchev–Trinajstić information content (AvgIpc) is 3.22. The van der Waals surface area contributed by atoms with Crippen molar-refractivity contribution in [1.82, 2.24) is 9.88 Å². The van der Waals surface area contributed by atoms with E-state index in [0.717, 1.165) is 23.2 Å². The second-order valence-electron chi connectivity index (χ2n) is 6.83. The molecular formula is C20H17N3O3. The van der Waals surface area contributed by atoms with Gasteiger partial charge in [0.1, 0.15) is 5.69 Å². The number of hydrogen-bond donors (Lipinski definition) is 1. The Morgan fingerprint density at radius 3 is 2.92 bits per heavy atom. The van der Waals surface area contributed by atoms with Gasteiger partial charge in [0.2, 0.25) is 5.91 Å². The standard InChI is InChI=1S/C20H17N3O3/c1-2-10-23-13-8-5-9-14(24)15(13)20(18(23)25)12-7-4-3-6-11(12)16-17(20)22-19(21)26-16/h2-4,6-7H,1,5,8-10H2,(H2,21,22). The molecule has 26 heavy (non-hydrogen) atoms. The van der Waals surface area contributed by atoms with E-state index < -0.39 is 5.41 Å². The molecule has 0 saturated carbocycles. The van der Waals surface area contributed by atoms with Crippen molar-refractivity contribution in [3.05, 3.63) is 59.4 Å². The molecule has 2 heterocycles. The molecule has 3 aliphatic rings. The van der Waals surface area contributed by atoms with Crippen LogP contribution in [0.5, 0.6) is 0 Å². The highest BCUT2D eigenvalue weighted by molar-refractivity contribution is 6.16. The van der Waals surface area contributed by atoms with Crippen LogP contribution in [0.15, 0.2) is 52.6 Å². The molecule has 0 radical (unpaired) electrons. The van der Waals surface area contributed by atoms with Gasteiger partial charge in [0.15, 0.2) is 17.0 Å². The Balaban J connectivity index is 1.90. The summed E-state index contributed by atoms with van der Waals surface area (Å²) < 4.78 is 5.64. The van der Waals surface area contributed by atoms with Crippen LogP contribution in [0.25, 0.3) is 11.3 Å². The predicted octanol–water partition coefficient (Wildman–Crippen LogP) is 2.56. The maximum atomic E-state index is 13.7. The predicted molar refractivity (Wildman–Crippen MR) is 94.9 cm³/mol. The summed E-state index contributed by atoms with van der Waals surface area (Å²) in [5, 5.41) is 0. The smallest absolute Gasteiger partial charge is 0.292 e. The van der Waals surface area contributed by atoms with Crippen LogP contribution in [0.2, 0.25) is 0 Å². The van der Waals surface area contributed by atoms with Gasteiger partial charge in [-0.2, -0.15) is 4.98 Å². The Labute approximate surface area is 150 Å². The molecule has 5 rings (SSSR count). The summed E-state index contributed by atoms with van der Waals surface area (Å²) in [5.41, 5.74) is 7.86. The van der Waals surface area contributed by atoms with E-state index in [1.807, 2.05) is 24.3 Å². The average molecular weight is 347 g/mol. The molecule has 2 aromatic rings. The molecule has 1 atom stereocenters. The van der Waals surface area contributed by atoms with Crippen LogP contribution in [-0.4, -0.2) is 28.1 Å². The van der Waals surface area contributed by atoms with Crippen molar-refractivity contribution in [1.29, 1.82) is 0 Å². The van der Waals surface area contributed by atoms with Gasteiger partial charge in [0.05, 0.1) is 0 Å². The number of aromatic nitrogens is 1. The zero-order valence-corrected chi connectivity index (χ0v) is 14.1. The van der Waals surface area contributed by atoms with Crippen LogP contribution >= 0.6 is 0 Å². The highest BCUT2D eigenvalue weighted by Crippen LogP contribution is 2.59. The van der Waals surface area contributed by atoms with E-state index in [4.69, 9.17) is 10.2 Å². The van der Waals surface area contributed by atoms with Gasteiger partial charge in [-0.05, 0) is 18.4 Å². The topological polar surface area (TPSA) is 89.4 Å². The summed E-state index contributed by atoms with van der Waals surface area (Å²) >= 11 is 0. The van der Waals surface area contributed by atoms with Crippen molar-refractivity contribution in [3.63, 3.8) is 0 Å². The lowest BCUT2D eigenvalue weighted by Gasteiger charge is -2.26. The number of ketones is 1. The largest absolute Gasteiger partial charge is 0.423 e. The molecule has 1 aromatic heterocycles. The maximum Gasteiger partial charge on any atom is 0.292 e. The van der Waals surface area contributed by atoms with Gasteiger partial charge in [-0.1, -0.05) is 30.3 Å². The summed E-state index contributed by atoms with van der Waals surface area (Å²) in [6, 6.07) is 7.51. The minimum Gasteiger partial charge on any atom is -0.423 e. The molecule has 1 aromatic carbocycles. The number of Topliss-reactive ketones (excluding diaryl/α,β-unsaturated/α-hetero) is 1. The van der Waals surface area contributed by atoms with E-state index in [2.05, 4.69) is 11.6 Å². The minimum atomic E-state index is -1.25. The van der Waals surface area contributed by atoms with E-state index in [-0.39, 0.29) is 17.7 Å². The lowest BCUT2D eigenvalue weighted by Crippen LogP contribution is -2.42. The molecule has 0 saturated heterocycles. The van der Waals surface area contributed by atoms with E-state index in [1.165, 1.54) is 0 Å². The summed E-state index contributed by atoms with van der Waals surface area (Å²) in [5.74, 6) is 0.310. The molecule has 6 nitrogen and oxygen atoms in total. The monoisotopic (exact) mass is 347 g/mol. The number of fused-ring (bicyclic) bond motifs is 6. The third kappa shape index (κ3) is 1.55. The second-order valence-corrected chi connectivity index (χ2v) is 6.83. The number of amides is 1. The van der Waals surface area contributed by atoms with E-state index in [0.29, 0.717) is 36.4 Å². The van der Waals surface area contributed by atoms with Crippen molar-refractivity contribution in [2.75, 3.05) is 12.3 Å². The third-order valence-electron chi connectivity index (χ3n) is 5.54. The first-order valence-corrected chi connectivity index (χ1v) is 8.67. The lowest BCUT2D eigenvalue weighted by atomic mass is 9.71. The molecule has 0 fully saturated rings. The fourth-order valence-corrected chi connectivity index (χ4v) is 4.66. The fourth-order valence-electron chi connectivity index (χ4n) is 4.66. The molecule has 1 amide bonds. The van der Waals surface area contributed by atoms with Gasteiger partial charge in [0.25, 0.3) is 6.01 Å². The molecule has 130 valence electrons. The summed E-state index contributed by atoms with van der Waals surface area (Å²) in [6.45, 7) is 4.13. The van der Waals surface area contributed by atoms with Crippen molar-refractivity contribution in [2.45, 2.75) is 24.7 Å². The SMILES string of the molecule is C=CCN1C(=O)C2(C3=C1CCCC3=O)c1ccccc1-c1oc(N)nc12. The number of carbonyl (C=O) groups excluding carboxylic acids is 2. The zero-order valence-electron chi connectivity index (χ0n) is 14.1. The van der Waals surface area contributed by atoms with Crippen LogP contribution in [0.3, 0.4) is 0 Å². The minimum absolute atomic E-state index is 0.00394. The number of carbonyl (C=O) groups is 2. The number of anilines is 1. The van der Waals surface area contributed by atoms with E-state index in [1.54, 1.807) is 11.0 Å². The fraction of sp³-hybridized carbons (Fsp3) is 0.250. The summed E-state index contributed by atoms with van der Waals surface area (Å²) in [7, 11) is 0. The number of hydrogen-bond acceptors (Lipinski definition) is 5. The van der Waals surface area contributed by atoms with Crippen molar-refractivity contribution in [2.24, 2.45) is 0 Å². The number of nitrogens with zero attached hydrogens (tertiary/aromatic N) is 2. The van der Waals surface area contributed by atoms with Crippen LogP contribution in [-0.2, 0) is 15.0 Å². The Morgan fingerprint density at radius 1 is 1.31 bits per heavy atom. The molecule has 2 aliphatic carbocycles. The third-order valence-corrected chi connectivity index (χ3v) is 5.54. The maximum absolute atomic E-state index is 13.7. The van der Waals surface area contributed by atoms with E-state index in [9.17, 15) is 9.59 Å². The van der Waals surface area contributed by atoms with Crippen LogP contribution in [0.4, 0.5) is 6.01 Å². The molecule has 2 N–H and O–H groups in total. The second kappa shape index (κ2) is 4.94.